The number of nitrogens with one attached hydrogen (secondary N) is 2. The monoisotopic (exact) mass is 559 g/mol. The molecule has 4 aromatic rings. The van der Waals surface area contributed by atoms with Gasteiger partial charge >= 0.3 is 0 Å². The number of sulfonamides is 2. The van der Waals surface area contributed by atoms with Crippen LogP contribution in [0, 0.1) is 6.92 Å². The zero-order valence-corrected chi connectivity index (χ0v) is 21.5. The molecule has 0 unspecified atom stereocenters. The minimum absolute atomic E-state index is 0.000473. The number of thiazole rings is 1. The molecule has 0 amide bonds. The van der Waals surface area contributed by atoms with Gasteiger partial charge in [0.1, 0.15) is 9.22 Å². The maximum absolute atomic E-state index is 13.2. The van der Waals surface area contributed by atoms with Gasteiger partial charge in [0.2, 0.25) is 0 Å². The van der Waals surface area contributed by atoms with Crippen LogP contribution in [0.15, 0.2) is 68.4 Å². The Balaban J connectivity index is 1.72. The Bertz CT molecular complexity index is 1520. The number of aromatic nitrogens is 1. The topological polar surface area (TPSA) is 105 Å². The maximum Gasteiger partial charge on any atom is 0.273 e. The highest BCUT2D eigenvalue weighted by Crippen LogP contribution is 2.37. The molecular weight excluding hydrogens is 545 g/mol. The Morgan fingerprint density at radius 1 is 0.848 bits per heavy atom. The lowest BCUT2D eigenvalue weighted by atomic mass is 10.2. The molecule has 172 valence electrons. The molecule has 2 N–H and O–H groups in total. The van der Waals surface area contributed by atoms with Crippen LogP contribution in [0.3, 0.4) is 0 Å². The molecule has 4 rings (SSSR count). The lowest BCUT2D eigenvalue weighted by molar-refractivity contribution is 0.600. The lowest BCUT2D eigenvalue weighted by Gasteiger charge is -2.15. The van der Waals surface area contributed by atoms with E-state index in [1.165, 1.54) is 18.2 Å². The van der Waals surface area contributed by atoms with Crippen LogP contribution in [0.25, 0.3) is 10.6 Å². The van der Waals surface area contributed by atoms with Gasteiger partial charge in [-0.05, 0) is 30.5 Å². The normalized spacial score (nSPS) is 12.0. The van der Waals surface area contributed by atoms with Gasteiger partial charge in [-0.25, -0.2) is 21.8 Å². The highest BCUT2D eigenvalue weighted by Gasteiger charge is 2.25. The average molecular weight is 561 g/mol. The summed E-state index contributed by atoms with van der Waals surface area (Å²) in [6.45, 7) is 1.59. The summed E-state index contributed by atoms with van der Waals surface area (Å²) in [4.78, 5) is 4.38. The van der Waals surface area contributed by atoms with Gasteiger partial charge in [-0.1, -0.05) is 59.6 Å². The van der Waals surface area contributed by atoms with E-state index in [4.69, 9.17) is 23.2 Å². The summed E-state index contributed by atoms with van der Waals surface area (Å²) in [7, 11) is -8.08. The van der Waals surface area contributed by atoms with Crippen molar-refractivity contribution in [1.29, 1.82) is 0 Å². The molecule has 0 saturated heterocycles. The number of anilines is 2. The minimum Gasteiger partial charge on any atom is -0.277 e. The van der Waals surface area contributed by atoms with Gasteiger partial charge < -0.3 is 0 Å². The molecule has 0 spiro atoms. The van der Waals surface area contributed by atoms with Crippen molar-refractivity contribution in [2.75, 3.05) is 9.44 Å². The van der Waals surface area contributed by atoms with Crippen LogP contribution in [0.2, 0.25) is 10.0 Å². The molecule has 0 aliphatic carbocycles. The quantitative estimate of drug-likeness (QED) is 0.285. The third-order valence-electron chi connectivity index (χ3n) is 4.33. The minimum atomic E-state index is -4.12. The van der Waals surface area contributed by atoms with Crippen LogP contribution >= 0.6 is 45.9 Å². The van der Waals surface area contributed by atoms with Crippen molar-refractivity contribution in [1.82, 2.24) is 4.98 Å². The zero-order chi connectivity index (χ0) is 23.8. The molecule has 2 aromatic carbocycles. The Labute approximate surface area is 209 Å². The number of hydrogen-bond acceptors (Lipinski definition) is 7. The summed E-state index contributed by atoms with van der Waals surface area (Å²) < 4.78 is 56.7. The SMILES string of the molecule is Cc1nc(-c2ccccc2)sc1S(=O)(=O)Nc1cc(Cl)c(Cl)cc1NS(=O)(=O)c1cccs1. The highest BCUT2D eigenvalue weighted by atomic mass is 35.5. The second kappa shape index (κ2) is 9.24. The van der Waals surface area contributed by atoms with E-state index in [9.17, 15) is 16.8 Å². The van der Waals surface area contributed by atoms with E-state index < -0.39 is 20.0 Å². The number of nitrogens with zero attached hydrogens (tertiary/aromatic N) is 1. The zero-order valence-electron chi connectivity index (χ0n) is 16.7. The van der Waals surface area contributed by atoms with Crippen LogP contribution < -0.4 is 9.44 Å². The van der Waals surface area contributed by atoms with Gasteiger partial charge in [0.05, 0.1) is 27.1 Å². The van der Waals surface area contributed by atoms with E-state index in [2.05, 4.69) is 14.4 Å². The largest absolute Gasteiger partial charge is 0.277 e. The Kier molecular flexibility index (Phi) is 6.72. The third-order valence-corrected chi connectivity index (χ3v) is 11.0. The van der Waals surface area contributed by atoms with Gasteiger partial charge in [-0.3, -0.25) is 9.44 Å². The molecule has 33 heavy (non-hydrogen) atoms. The number of benzene rings is 2. The fourth-order valence-corrected chi connectivity index (χ4v) is 7.84. The molecule has 13 heteroatoms. The number of thiophene rings is 1. The third kappa shape index (κ3) is 5.18. The molecular formula is C20H15Cl2N3O4S4. The van der Waals surface area contributed by atoms with Crippen LogP contribution in [-0.4, -0.2) is 21.8 Å². The first kappa shape index (κ1) is 24.0. The Morgan fingerprint density at radius 2 is 1.45 bits per heavy atom. The van der Waals surface area contributed by atoms with Crippen molar-refractivity contribution in [3.05, 3.63) is 75.7 Å². The molecule has 0 fully saturated rings. The van der Waals surface area contributed by atoms with Crippen molar-refractivity contribution >= 4 is 77.3 Å². The van der Waals surface area contributed by atoms with Gasteiger partial charge in [-0.15, -0.1) is 22.7 Å². The number of aryl methyl sites for hydroxylation is 1. The van der Waals surface area contributed by atoms with Crippen LogP contribution in [0.1, 0.15) is 5.69 Å². The van der Waals surface area contributed by atoms with Crippen molar-refractivity contribution in [3.63, 3.8) is 0 Å². The van der Waals surface area contributed by atoms with Crippen LogP contribution in [0.4, 0.5) is 11.4 Å². The van der Waals surface area contributed by atoms with Gasteiger partial charge in [0, 0.05) is 5.56 Å². The summed E-state index contributed by atoms with van der Waals surface area (Å²) in [5, 5.41) is 2.27. The molecule has 0 saturated carbocycles. The summed E-state index contributed by atoms with van der Waals surface area (Å²) in [6, 6.07) is 14.7. The molecule has 0 bridgehead atoms. The molecule has 2 heterocycles. The fourth-order valence-electron chi connectivity index (χ4n) is 2.85. The van der Waals surface area contributed by atoms with Crippen molar-refractivity contribution < 1.29 is 16.8 Å². The first-order valence-electron chi connectivity index (χ1n) is 9.18. The second-order valence-corrected chi connectivity index (χ2v) is 13.3. The van der Waals surface area contributed by atoms with E-state index in [0.717, 1.165) is 28.2 Å². The Morgan fingerprint density at radius 3 is 2.03 bits per heavy atom. The van der Waals surface area contributed by atoms with E-state index in [1.807, 2.05) is 30.3 Å². The van der Waals surface area contributed by atoms with Gasteiger partial charge in [0.15, 0.2) is 4.21 Å². The average Bonchev–Trinajstić information content (AvgIpc) is 3.43. The van der Waals surface area contributed by atoms with Crippen molar-refractivity contribution in [3.8, 4) is 10.6 Å². The van der Waals surface area contributed by atoms with Crippen molar-refractivity contribution in [2.24, 2.45) is 0 Å². The molecule has 0 aliphatic rings. The van der Waals surface area contributed by atoms with Crippen LogP contribution in [0.5, 0.6) is 0 Å². The van der Waals surface area contributed by atoms with E-state index in [1.54, 1.807) is 18.4 Å². The summed E-state index contributed by atoms with van der Waals surface area (Å²) in [6.07, 6.45) is 0. The van der Waals surface area contributed by atoms with Crippen LogP contribution in [-0.2, 0) is 20.0 Å². The predicted molar refractivity (Wildman–Crippen MR) is 135 cm³/mol. The van der Waals surface area contributed by atoms with E-state index in [-0.39, 0.29) is 29.8 Å². The molecule has 7 nitrogen and oxygen atoms in total. The van der Waals surface area contributed by atoms with E-state index >= 15 is 0 Å². The van der Waals surface area contributed by atoms with Crippen molar-refractivity contribution in [2.45, 2.75) is 15.3 Å². The number of halogens is 2. The number of hydrogen-bond donors (Lipinski definition) is 2. The standard InChI is InChI=1S/C20H15Cl2N3O4S4/c1-12-20(31-19(23-12)13-6-3-2-4-7-13)33(28,29)25-17-11-15(22)14(21)10-16(17)24-32(26,27)18-8-5-9-30-18/h2-11,24-25H,1H3. The van der Waals surface area contributed by atoms with Gasteiger partial charge in [-0.2, -0.15) is 0 Å². The van der Waals surface area contributed by atoms with Gasteiger partial charge in [0.25, 0.3) is 20.0 Å². The molecule has 0 aliphatic heterocycles. The summed E-state index contributed by atoms with van der Waals surface area (Å²) >= 11 is 14.2. The predicted octanol–water partition coefficient (Wildman–Crippen LogP) is 6.09. The van der Waals surface area contributed by atoms with E-state index in [0.29, 0.717) is 10.7 Å². The molecule has 0 atom stereocenters. The molecule has 0 radical (unpaired) electrons. The smallest absolute Gasteiger partial charge is 0.273 e. The first-order chi connectivity index (χ1) is 15.6. The number of rotatable bonds is 7. The second-order valence-electron chi connectivity index (χ2n) is 6.71. The lowest BCUT2D eigenvalue weighted by Crippen LogP contribution is -2.17. The summed E-state index contributed by atoms with van der Waals surface area (Å²) in [5.74, 6) is 0. The Hall–Kier alpha value is -2.15. The highest BCUT2D eigenvalue weighted by molar-refractivity contribution is 7.95. The first-order valence-corrected chi connectivity index (χ1v) is 14.6. The fraction of sp³-hybridized carbons (Fsp3) is 0.0500. The maximum atomic E-state index is 13.2. The molecule has 2 aromatic heterocycles. The summed E-state index contributed by atoms with van der Waals surface area (Å²) in [5.41, 5.74) is 0.962.